The summed E-state index contributed by atoms with van der Waals surface area (Å²) in [5.41, 5.74) is 1.66. The molecule has 1 aromatic carbocycles. The fraction of sp³-hybridized carbons (Fsp3) is 0.529. The van der Waals surface area contributed by atoms with Gasteiger partial charge < -0.3 is 5.11 Å². The van der Waals surface area contributed by atoms with Gasteiger partial charge in [-0.15, -0.1) is 0 Å². The Hall–Kier alpha value is -1.68. The Balaban J connectivity index is 2.29. The molecule has 0 aliphatic rings. The number of rotatable bonds is 5. The highest BCUT2D eigenvalue weighted by Crippen LogP contribution is 2.23. The van der Waals surface area contributed by atoms with Gasteiger partial charge in [-0.25, -0.2) is 9.67 Å². The van der Waals surface area contributed by atoms with Gasteiger partial charge in [0.15, 0.2) is 5.82 Å². The van der Waals surface area contributed by atoms with Crippen LogP contribution in [0.3, 0.4) is 0 Å². The molecule has 1 heterocycles. The molecule has 0 spiro atoms. The van der Waals surface area contributed by atoms with Crippen molar-refractivity contribution in [3.05, 3.63) is 35.7 Å². The third kappa shape index (κ3) is 4.14. The summed E-state index contributed by atoms with van der Waals surface area (Å²) in [6.45, 7) is 9.82. The normalized spacial score (nSPS) is 12.1. The van der Waals surface area contributed by atoms with E-state index in [1.54, 1.807) is 0 Å². The Morgan fingerprint density at radius 1 is 1.29 bits per heavy atom. The zero-order valence-electron chi connectivity index (χ0n) is 13.6. The summed E-state index contributed by atoms with van der Waals surface area (Å²) in [4.78, 5) is 4.55. The van der Waals surface area contributed by atoms with E-state index in [0.717, 1.165) is 30.1 Å². The largest absolute Gasteiger partial charge is 0.390 e. The second kappa shape index (κ2) is 5.98. The van der Waals surface area contributed by atoms with E-state index in [9.17, 15) is 5.11 Å². The molecule has 0 fully saturated rings. The van der Waals surface area contributed by atoms with Crippen molar-refractivity contribution in [2.45, 2.75) is 59.1 Å². The lowest BCUT2D eigenvalue weighted by Gasteiger charge is -2.17. The third-order valence-electron chi connectivity index (χ3n) is 3.44. The lowest BCUT2D eigenvalue weighted by Crippen LogP contribution is -2.19. The number of hydrogen-bond acceptors (Lipinski definition) is 3. The van der Waals surface area contributed by atoms with Gasteiger partial charge in [0.2, 0.25) is 0 Å². The van der Waals surface area contributed by atoms with Crippen molar-refractivity contribution in [3.63, 3.8) is 0 Å². The molecule has 114 valence electrons. The summed E-state index contributed by atoms with van der Waals surface area (Å²) in [5.74, 6) is 1.70. The first-order chi connectivity index (χ1) is 9.76. The van der Waals surface area contributed by atoms with E-state index >= 15 is 0 Å². The van der Waals surface area contributed by atoms with Crippen LogP contribution in [-0.4, -0.2) is 25.5 Å². The molecule has 1 N–H and O–H groups in total. The van der Waals surface area contributed by atoms with E-state index in [0.29, 0.717) is 0 Å². The summed E-state index contributed by atoms with van der Waals surface area (Å²) >= 11 is 0. The van der Waals surface area contributed by atoms with Crippen LogP contribution in [0.25, 0.3) is 11.4 Å². The van der Waals surface area contributed by atoms with Crippen molar-refractivity contribution in [1.82, 2.24) is 14.8 Å². The van der Waals surface area contributed by atoms with E-state index in [1.807, 2.05) is 31.5 Å². The third-order valence-corrected chi connectivity index (χ3v) is 3.44. The van der Waals surface area contributed by atoms with Gasteiger partial charge in [0.25, 0.3) is 0 Å². The first kappa shape index (κ1) is 15.7. The van der Waals surface area contributed by atoms with Crippen molar-refractivity contribution in [2.75, 3.05) is 0 Å². The highest BCUT2D eigenvalue weighted by Gasteiger charge is 2.15. The van der Waals surface area contributed by atoms with Crippen LogP contribution in [0.15, 0.2) is 24.3 Å². The van der Waals surface area contributed by atoms with Crippen molar-refractivity contribution in [2.24, 2.45) is 0 Å². The topological polar surface area (TPSA) is 50.9 Å². The number of nitrogens with zero attached hydrogens (tertiary/aromatic N) is 3. The van der Waals surface area contributed by atoms with Crippen molar-refractivity contribution < 1.29 is 5.11 Å². The van der Waals surface area contributed by atoms with Crippen molar-refractivity contribution in [1.29, 1.82) is 0 Å². The molecule has 0 saturated carbocycles. The molecule has 0 bridgehead atoms. The summed E-state index contributed by atoms with van der Waals surface area (Å²) < 4.78 is 1.96. The van der Waals surface area contributed by atoms with E-state index < -0.39 is 5.60 Å². The maximum Gasteiger partial charge on any atom is 0.158 e. The zero-order chi connectivity index (χ0) is 15.6. The van der Waals surface area contributed by atoms with Gasteiger partial charge in [-0.1, -0.05) is 18.2 Å². The smallest absolute Gasteiger partial charge is 0.158 e. The lowest BCUT2D eigenvalue weighted by atomic mass is 9.98. The second-order valence-electron chi connectivity index (χ2n) is 6.53. The molecule has 0 amide bonds. The molecular weight excluding hydrogens is 262 g/mol. The minimum Gasteiger partial charge on any atom is -0.390 e. The van der Waals surface area contributed by atoms with Gasteiger partial charge in [0.1, 0.15) is 5.82 Å². The molecule has 21 heavy (non-hydrogen) atoms. The standard InChI is InChI=1S/C17H25N3O/c1-12(2)20-16(18-13(3)19-20)15-8-6-7-14(11-15)9-10-17(4,5)21/h6-8,11-12,21H,9-10H2,1-5H3. The minimum atomic E-state index is -0.634. The van der Waals surface area contributed by atoms with Gasteiger partial charge in [-0.05, 0) is 59.1 Å². The molecule has 0 aliphatic heterocycles. The molecular formula is C17H25N3O. The predicted octanol–water partition coefficient (Wildman–Crippen LogP) is 3.54. The maximum atomic E-state index is 9.86. The van der Waals surface area contributed by atoms with E-state index in [1.165, 1.54) is 5.56 Å². The van der Waals surface area contributed by atoms with Crippen molar-refractivity contribution in [3.8, 4) is 11.4 Å². The molecule has 0 saturated heterocycles. The van der Waals surface area contributed by atoms with Crippen LogP contribution in [0, 0.1) is 6.92 Å². The van der Waals surface area contributed by atoms with Gasteiger partial charge in [-0.3, -0.25) is 0 Å². The van der Waals surface area contributed by atoms with Gasteiger partial charge in [-0.2, -0.15) is 5.10 Å². The quantitative estimate of drug-likeness (QED) is 0.915. The molecule has 2 rings (SSSR count). The van der Waals surface area contributed by atoms with Crippen LogP contribution in [0.1, 0.15) is 51.5 Å². The predicted molar refractivity (Wildman–Crippen MR) is 85.2 cm³/mol. The van der Waals surface area contributed by atoms with Gasteiger partial charge in [0, 0.05) is 11.6 Å². The maximum absolute atomic E-state index is 9.86. The molecule has 0 atom stereocenters. The summed E-state index contributed by atoms with van der Waals surface area (Å²) in [5, 5.41) is 14.3. The van der Waals surface area contributed by atoms with Gasteiger partial charge >= 0.3 is 0 Å². The Labute approximate surface area is 126 Å². The Bertz CT molecular complexity index is 609. The van der Waals surface area contributed by atoms with Crippen LogP contribution in [0.5, 0.6) is 0 Å². The second-order valence-corrected chi connectivity index (χ2v) is 6.53. The highest BCUT2D eigenvalue weighted by molar-refractivity contribution is 5.56. The number of aliphatic hydroxyl groups is 1. The molecule has 4 nitrogen and oxygen atoms in total. The highest BCUT2D eigenvalue weighted by atomic mass is 16.3. The summed E-state index contributed by atoms with van der Waals surface area (Å²) in [7, 11) is 0. The molecule has 2 aromatic rings. The molecule has 0 unspecified atom stereocenters. The fourth-order valence-corrected chi connectivity index (χ4v) is 2.30. The summed E-state index contributed by atoms with van der Waals surface area (Å²) in [6.07, 6.45) is 1.60. The first-order valence-electron chi connectivity index (χ1n) is 7.51. The van der Waals surface area contributed by atoms with E-state index in [2.05, 4.69) is 42.1 Å². The van der Waals surface area contributed by atoms with Crippen molar-refractivity contribution >= 4 is 0 Å². The average Bonchev–Trinajstić information content (AvgIpc) is 2.78. The minimum absolute atomic E-state index is 0.279. The Morgan fingerprint density at radius 2 is 2.00 bits per heavy atom. The van der Waals surface area contributed by atoms with Gasteiger partial charge in [0.05, 0.1) is 5.60 Å². The molecule has 1 aromatic heterocycles. The number of aryl methyl sites for hydroxylation is 2. The van der Waals surface area contributed by atoms with E-state index in [4.69, 9.17) is 0 Å². The average molecular weight is 287 g/mol. The van der Waals surface area contributed by atoms with Crippen LogP contribution < -0.4 is 0 Å². The molecule has 4 heteroatoms. The monoisotopic (exact) mass is 287 g/mol. The zero-order valence-corrected chi connectivity index (χ0v) is 13.6. The van der Waals surface area contributed by atoms with Crippen LogP contribution in [0.2, 0.25) is 0 Å². The molecule has 0 radical (unpaired) electrons. The fourth-order valence-electron chi connectivity index (χ4n) is 2.30. The summed E-state index contributed by atoms with van der Waals surface area (Å²) in [6, 6.07) is 8.63. The SMILES string of the molecule is Cc1nc(-c2cccc(CCC(C)(C)O)c2)n(C(C)C)n1. The number of benzene rings is 1. The molecule has 0 aliphatic carbocycles. The lowest BCUT2D eigenvalue weighted by molar-refractivity contribution is 0.0714. The van der Waals surface area contributed by atoms with Crippen LogP contribution in [0.4, 0.5) is 0 Å². The Morgan fingerprint density at radius 3 is 2.62 bits per heavy atom. The Kier molecular flexibility index (Phi) is 4.47. The van der Waals surface area contributed by atoms with E-state index in [-0.39, 0.29) is 6.04 Å². The number of hydrogen-bond donors (Lipinski definition) is 1. The van der Waals surface area contributed by atoms with Crippen LogP contribution in [-0.2, 0) is 6.42 Å². The number of aromatic nitrogens is 3. The van der Waals surface area contributed by atoms with Crippen LogP contribution >= 0.6 is 0 Å². The first-order valence-corrected chi connectivity index (χ1v) is 7.51.